The van der Waals surface area contributed by atoms with E-state index in [2.05, 4.69) is 5.32 Å². The van der Waals surface area contributed by atoms with Crippen LogP contribution >= 0.6 is 0 Å². The van der Waals surface area contributed by atoms with E-state index in [-0.39, 0.29) is 23.6 Å². The fourth-order valence-electron chi connectivity index (χ4n) is 2.02. The summed E-state index contributed by atoms with van der Waals surface area (Å²) in [6, 6.07) is 6.05. The molecule has 102 valence electrons. The first-order valence-electron chi connectivity index (χ1n) is 6.12. The van der Waals surface area contributed by atoms with Gasteiger partial charge in [0, 0.05) is 5.92 Å². The highest BCUT2D eigenvalue weighted by Crippen LogP contribution is 2.47. The SMILES string of the molecule is CC(C)(NC(=O)C1CC1c1ccc(F)cc1)C(=O)O. The molecule has 19 heavy (non-hydrogen) atoms. The van der Waals surface area contributed by atoms with E-state index in [0.717, 1.165) is 5.56 Å². The molecule has 1 fully saturated rings. The quantitative estimate of drug-likeness (QED) is 0.874. The van der Waals surface area contributed by atoms with E-state index in [1.54, 1.807) is 12.1 Å². The molecule has 1 aliphatic carbocycles. The maximum Gasteiger partial charge on any atom is 0.328 e. The van der Waals surface area contributed by atoms with Crippen LogP contribution in [-0.4, -0.2) is 22.5 Å². The Morgan fingerprint density at radius 1 is 1.32 bits per heavy atom. The molecule has 2 N–H and O–H groups in total. The summed E-state index contributed by atoms with van der Waals surface area (Å²) in [6.45, 7) is 2.89. The number of hydrogen-bond donors (Lipinski definition) is 2. The van der Waals surface area contributed by atoms with Crippen LogP contribution in [0.2, 0.25) is 0 Å². The van der Waals surface area contributed by atoms with Crippen LogP contribution in [0.1, 0.15) is 31.7 Å². The number of carbonyl (C=O) groups excluding carboxylic acids is 1. The van der Waals surface area contributed by atoms with Gasteiger partial charge in [-0.2, -0.15) is 0 Å². The average molecular weight is 265 g/mol. The summed E-state index contributed by atoms with van der Waals surface area (Å²) >= 11 is 0. The van der Waals surface area contributed by atoms with Crippen LogP contribution in [0.4, 0.5) is 4.39 Å². The smallest absolute Gasteiger partial charge is 0.328 e. The van der Waals surface area contributed by atoms with Gasteiger partial charge in [-0.15, -0.1) is 0 Å². The summed E-state index contributed by atoms with van der Waals surface area (Å²) in [5.41, 5.74) is -0.359. The van der Waals surface area contributed by atoms with E-state index in [9.17, 15) is 14.0 Å². The lowest BCUT2D eigenvalue weighted by molar-refractivity contribution is -0.146. The number of rotatable bonds is 4. The largest absolute Gasteiger partial charge is 0.480 e. The van der Waals surface area contributed by atoms with Gasteiger partial charge in [-0.05, 0) is 43.9 Å². The number of carboxylic acids is 1. The molecule has 5 heteroatoms. The van der Waals surface area contributed by atoms with Gasteiger partial charge in [0.1, 0.15) is 11.4 Å². The van der Waals surface area contributed by atoms with Gasteiger partial charge in [0.25, 0.3) is 0 Å². The average Bonchev–Trinajstić information content (AvgIpc) is 3.09. The van der Waals surface area contributed by atoms with E-state index in [4.69, 9.17) is 5.11 Å². The second-order valence-electron chi connectivity index (χ2n) is 5.42. The standard InChI is InChI=1S/C14H16FNO3/c1-14(2,13(18)19)16-12(17)11-7-10(11)8-3-5-9(15)6-4-8/h3-6,10-11H,7H2,1-2H3,(H,16,17)(H,18,19). The molecule has 2 unspecified atom stereocenters. The zero-order valence-electron chi connectivity index (χ0n) is 10.8. The summed E-state index contributed by atoms with van der Waals surface area (Å²) < 4.78 is 12.8. The van der Waals surface area contributed by atoms with Crippen molar-refractivity contribution in [2.24, 2.45) is 5.92 Å². The van der Waals surface area contributed by atoms with Gasteiger partial charge in [-0.1, -0.05) is 12.1 Å². The van der Waals surface area contributed by atoms with Crippen molar-refractivity contribution in [1.29, 1.82) is 0 Å². The van der Waals surface area contributed by atoms with Crippen molar-refractivity contribution in [3.8, 4) is 0 Å². The Labute approximate surface area is 110 Å². The molecule has 2 atom stereocenters. The third-order valence-corrected chi connectivity index (χ3v) is 3.40. The maximum absolute atomic E-state index is 12.8. The van der Waals surface area contributed by atoms with Crippen LogP contribution in [0.15, 0.2) is 24.3 Å². The second kappa shape index (κ2) is 4.64. The maximum atomic E-state index is 12.8. The molecule has 1 aromatic carbocycles. The van der Waals surface area contributed by atoms with Gasteiger partial charge in [-0.3, -0.25) is 4.79 Å². The van der Waals surface area contributed by atoms with E-state index in [0.29, 0.717) is 6.42 Å². The Morgan fingerprint density at radius 3 is 2.42 bits per heavy atom. The lowest BCUT2D eigenvalue weighted by Crippen LogP contribution is -2.50. The van der Waals surface area contributed by atoms with Crippen LogP contribution in [0.25, 0.3) is 0 Å². The highest BCUT2D eigenvalue weighted by atomic mass is 19.1. The Kier molecular flexibility index (Phi) is 3.30. The first-order chi connectivity index (χ1) is 8.81. The minimum atomic E-state index is -1.27. The molecule has 1 amide bonds. The predicted molar refractivity (Wildman–Crippen MR) is 67.1 cm³/mol. The van der Waals surface area contributed by atoms with E-state index in [1.807, 2.05) is 0 Å². The Morgan fingerprint density at radius 2 is 1.89 bits per heavy atom. The fraction of sp³-hybridized carbons (Fsp3) is 0.429. The first kappa shape index (κ1) is 13.5. The number of nitrogens with one attached hydrogen (secondary N) is 1. The molecule has 0 spiro atoms. The van der Waals surface area contributed by atoms with Crippen LogP contribution in [0, 0.1) is 11.7 Å². The molecule has 0 saturated heterocycles. The lowest BCUT2D eigenvalue weighted by Gasteiger charge is -2.21. The van der Waals surface area contributed by atoms with Crippen molar-refractivity contribution in [3.63, 3.8) is 0 Å². The van der Waals surface area contributed by atoms with Gasteiger partial charge in [0.15, 0.2) is 0 Å². The molecule has 1 aliphatic rings. The van der Waals surface area contributed by atoms with Crippen molar-refractivity contribution in [1.82, 2.24) is 5.32 Å². The molecule has 2 rings (SSSR count). The third-order valence-electron chi connectivity index (χ3n) is 3.40. The Balaban J connectivity index is 1.98. The van der Waals surface area contributed by atoms with Gasteiger partial charge < -0.3 is 10.4 Å². The monoisotopic (exact) mass is 265 g/mol. The summed E-state index contributed by atoms with van der Waals surface area (Å²) in [5.74, 6) is -1.80. The minimum Gasteiger partial charge on any atom is -0.480 e. The number of benzene rings is 1. The zero-order valence-corrected chi connectivity index (χ0v) is 10.8. The van der Waals surface area contributed by atoms with Crippen molar-refractivity contribution in [2.45, 2.75) is 31.7 Å². The predicted octanol–water partition coefficient (Wildman–Crippen LogP) is 1.91. The van der Waals surface area contributed by atoms with E-state index in [1.165, 1.54) is 26.0 Å². The number of aliphatic carboxylic acids is 1. The summed E-state index contributed by atoms with van der Waals surface area (Å²) in [4.78, 5) is 22.9. The van der Waals surface area contributed by atoms with Crippen molar-refractivity contribution < 1.29 is 19.1 Å². The molecule has 4 nitrogen and oxygen atoms in total. The van der Waals surface area contributed by atoms with E-state index >= 15 is 0 Å². The molecule has 0 heterocycles. The van der Waals surface area contributed by atoms with Crippen molar-refractivity contribution >= 4 is 11.9 Å². The van der Waals surface area contributed by atoms with Crippen LogP contribution in [-0.2, 0) is 9.59 Å². The van der Waals surface area contributed by atoms with Crippen LogP contribution in [0.5, 0.6) is 0 Å². The van der Waals surface area contributed by atoms with Crippen LogP contribution in [0.3, 0.4) is 0 Å². The fourth-order valence-corrected chi connectivity index (χ4v) is 2.02. The van der Waals surface area contributed by atoms with Gasteiger partial charge in [0.05, 0.1) is 0 Å². The number of carbonyl (C=O) groups is 2. The molecule has 1 saturated carbocycles. The zero-order chi connectivity index (χ0) is 14.2. The number of halogens is 1. The Bertz CT molecular complexity index is 510. The topological polar surface area (TPSA) is 66.4 Å². The molecule has 0 bridgehead atoms. The molecule has 0 aliphatic heterocycles. The minimum absolute atomic E-state index is 0.0604. The second-order valence-corrected chi connectivity index (χ2v) is 5.42. The Hall–Kier alpha value is -1.91. The molecule has 0 radical (unpaired) electrons. The molecule has 1 aromatic rings. The molecule has 0 aromatic heterocycles. The van der Waals surface area contributed by atoms with Gasteiger partial charge >= 0.3 is 5.97 Å². The highest BCUT2D eigenvalue weighted by Gasteiger charge is 2.45. The molecular formula is C14H16FNO3. The number of hydrogen-bond acceptors (Lipinski definition) is 2. The number of carboxylic acid groups (broad SMARTS) is 1. The van der Waals surface area contributed by atoms with E-state index < -0.39 is 11.5 Å². The summed E-state index contributed by atoms with van der Waals surface area (Å²) in [7, 11) is 0. The summed E-state index contributed by atoms with van der Waals surface area (Å²) in [5, 5.41) is 11.5. The van der Waals surface area contributed by atoms with Crippen molar-refractivity contribution in [3.05, 3.63) is 35.6 Å². The normalized spacial score (nSPS) is 21.8. The van der Waals surface area contributed by atoms with Crippen LogP contribution < -0.4 is 5.32 Å². The summed E-state index contributed by atoms with van der Waals surface area (Å²) in [6.07, 6.45) is 0.674. The third kappa shape index (κ3) is 2.92. The van der Waals surface area contributed by atoms with Gasteiger partial charge in [-0.25, -0.2) is 9.18 Å². The molecular weight excluding hydrogens is 249 g/mol. The first-order valence-corrected chi connectivity index (χ1v) is 6.12. The number of amides is 1. The van der Waals surface area contributed by atoms with Gasteiger partial charge in [0.2, 0.25) is 5.91 Å². The highest BCUT2D eigenvalue weighted by molar-refractivity contribution is 5.89. The lowest BCUT2D eigenvalue weighted by atomic mass is 10.0. The van der Waals surface area contributed by atoms with Crippen molar-refractivity contribution in [2.75, 3.05) is 0 Å².